The third-order valence-electron chi connectivity index (χ3n) is 1.83. The van der Waals surface area contributed by atoms with Crippen LogP contribution in [-0.2, 0) is 0 Å². The van der Waals surface area contributed by atoms with E-state index in [0.717, 1.165) is 10.4 Å². The zero-order valence-electron chi connectivity index (χ0n) is 6.94. The van der Waals surface area contributed by atoms with E-state index >= 15 is 0 Å². The Kier molecular flexibility index (Phi) is 2.73. The molecule has 11 heavy (non-hydrogen) atoms. The van der Waals surface area contributed by atoms with Gasteiger partial charge in [-0.25, -0.2) is 0 Å². The van der Waals surface area contributed by atoms with Crippen LogP contribution in [0.15, 0.2) is 15.2 Å². The van der Waals surface area contributed by atoms with Gasteiger partial charge in [-0.2, -0.15) is 0 Å². The number of hydrogen-bond acceptors (Lipinski definition) is 2. The summed E-state index contributed by atoms with van der Waals surface area (Å²) < 4.78 is 6.11. The van der Waals surface area contributed by atoms with Crippen molar-refractivity contribution in [2.24, 2.45) is 0 Å². The van der Waals surface area contributed by atoms with Crippen molar-refractivity contribution in [3.05, 3.63) is 22.1 Å². The largest absolute Gasteiger partial charge is 0.454 e. The van der Waals surface area contributed by atoms with Crippen LogP contribution < -0.4 is 5.32 Å². The van der Waals surface area contributed by atoms with Gasteiger partial charge in [-0.1, -0.05) is 0 Å². The molecule has 0 saturated heterocycles. The third-order valence-corrected chi connectivity index (χ3v) is 2.22. The Labute approximate surface area is 75.1 Å². The van der Waals surface area contributed by atoms with Crippen LogP contribution in [0.3, 0.4) is 0 Å². The third kappa shape index (κ3) is 1.84. The van der Waals surface area contributed by atoms with Gasteiger partial charge >= 0.3 is 0 Å². The summed E-state index contributed by atoms with van der Waals surface area (Å²) in [6.45, 7) is 4.07. The van der Waals surface area contributed by atoms with E-state index in [0.29, 0.717) is 6.04 Å². The first-order chi connectivity index (χ1) is 5.15. The molecule has 1 aromatic rings. The SMILES string of the molecule is CNC(C)c1cc(Br)oc1C. The molecule has 1 unspecified atom stereocenters. The van der Waals surface area contributed by atoms with Gasteiger partial charge in [0.05, 0.1) is 0 Å². The van der Waals surface area contributed by atoms with Gasteiger partial charge in [0.15, 0.2) is 4.67 Å². The Morgan fingerprint density at radius 3 is 2.64 bits per heavy atom. The fraction of sp³-hybridized carbons (Fsp3) is 0.500. The molecule has 1 heterocycles. The lowest BCUT2D eigenvalue weighted by atomic mass is 10.1. The maximum absolute atomic E-state index is 5.31. The maximum Gasteiger partial charge on any atom is 0.169 e. The van der Waals surface area contributed by atoms with Gasteiger partial charge in [-0.15, -0.1) is 0 Å². The highest BCUT2D eigenvalue weighted by Crippen LogP contribution is 2.24. The molecular formula is C8H12BrNO. The number of furan rings is 1. The molecule has 62 valence electrons. The molecule has 0 radical (unpaired) electrons. The van der Waals surface area contributed by atoms with E-state index in [1.54, 1.807) is 0 Å². The Hall–Kier alpha value is -0.280. The fourth-order valence-electron chi connectivity index (χ4n) is 1.04. The van der Waals surface area contributed by atoms with Gasteiger partial charge in [0.1, 0.15) is 5.76 Å². The predicted octanol–water partition coefficient (Wildman–Crippen LogP) is 2.63. The maximum atomic E-state index is 5.31. The van der Waals surface area contributed by atoms with E-state index < -0.39 is 0 Å². The number of halogens is 1. The van der Waals surface area contributed by atoms with E-state index in [2.05, 4.69) is 28.2 Å². The van der Waals surface area contributed by atoms with Crippen LogP contribution in [0.25, 0.3) is 0 Å². The van der Waals surface area contributed by atoms with Gasteiger partial charge in [-0.3, -0.25) is 0 Å². The predicted molar refractivity (Wildman–Crippen MR) is 48.6 cm³/mol. The molecule has 0 bridgehead atoms. The lowest BCUT2D eigenvalue weighted by Gasteiger charge is -2.07. The molecule has 3 heteroatoms. The number of nitrogens with one attached hydrogen (secondary N) is 1. The molecule has 0 aromatic carbocycles. The Bertz CT molecular complexity index is 244. The topological polar surface area (TPSA) is 25.2 Å². The van der Waals surface area contributed by atoms with Crippen molar-refractivity contribution in [2.75, 3.05) is 7.05 Å². The second-order valence-corrected chi connectivity index (χ2v) is 3.35. The van der Waals surface area contributed by atoms with Crippen molar-refractivity contribution in [3.8, 4) is 0 Å². The zero-order valence-corrected chi connectivity index (χ0v) is 8.53. The minimum absolute atomic E-state index is 0.352. The van der Waals surface area contributed by atoms with E-state index in [9.17, 15) is 0 Å². The Balaban J connectivity index is 2.93. The second-order valence-electron chi connectivity index (χ2n) is 2.57. The molecule has 0 fully saturated rings. The van der Waals surface area contributed by atoms with E-state index in [-0.39, 0.29) is 0 Å². The number of aryl methyl sites for hydroxylation is 1. The van der Waals surface area contributed by atoms with Crippen molar-refractivity contribution in [1.82, 2.24) is 5.32 Å². The minimum atomic E-state index is 0.352. The fourth-order valence-corrected chi connectivity index (χ4v) is 1.53. The first kappa shape index (κ1) is 8.81. The molecule has 0 amide bonds. The quantitative estimate of drug-likeness (QED) is 0.825. The summed E-state index contributed by atoms with van der Waals surface area (Å²) in [5.41, 5.74) is 1.21. The second kappa shape index (κ2) is 3.41. The van der Waals surface area contributed by atoms with Crippen molar-refractivity contribution in [3.63, 3.8) is 0 Å². The first-order valence-corrected chi connectivity index (χ1v) is 4.37. The average Bonchev–Trinajstić information content (AvgIpc) is 2.28. The van der Waals surface area contributed by atoms with Gasteiger partial charge in [0.2, 0.25) is 0 Å². The van der Waals surface area contributed by atoms with Crippen molar-refractivity contribution in [1.29, 1.82) is 0 Å². The number of hydrogen-bond donors (Lipinski definition) is 1. The summed E-state index contributed by atoms with van der Waals surface area (Å²) in [6, 6.07) is 2.35. The molecule has 0 aliphatic rings. The summed E-state index contributed by atoms with van der Waals surface area (Å²) in [4.78, 5) is 0. The highest BCUT2D eigenvalue weighted by Gasteiger charge is 2.10. The lowest BCUT2D eigenvalue weighted by molar-refractivity contribution is 0.499. The van der Waals surface area contributed by atoms with Crippen LogP contribution in [0, 0.1) is 6.92 Å². The van der Waals surface area contributed by atoms with Crippen LogP contribution in [0.1, 0.15) is 24.3 Å². The molecule has 0 aliphatic carbocycles. The lowest BCUT2D eigenvalue weighted by Crippen LogP contribution is -2.12. The van der Waals surface area contributed by atoms with Gasteiger partial charge < -0.3 is 9.73 Å². The summed E-state index contributed by atoms with van der Waals surface area (Å²) in [5, 5.41) is 3.15. The standard InChI is InChI=1S/C8H12BrNO/c1-5(10-3)7-4-8(9)11-6(7)2/h4-5,10H,1-3H3. The molecule has 0 spiro atoms. The zero-order chi connectivity index (χ0) is 8.43. The van der Waals surface area contributed by atoms with E-state index in [1.165, 1.54) is 5.56 Å². The highest BCUT2D eigenvalue weighted by atomic mass is 79.9. The van der Waals surface area contributed by atoms with Crippen molar-refractivity contribution >= 4 is 15.9 Å². The minimum Gasteiger partial charge on any atom is -0.454 e. The normalized spacial score (nSPS) is 13.5. The smallest absolute Gasteiger partial charge is 0.169 e. The Morgan fingerprint density at radius 2 is 2.27 bits per heavy atom. The van der Waals surface area contributed by atoms with Crippen molar-refractivity contribution in [2.45, 2.75) is 19.9 Å². The van der Waals surface area contributed by atoms with Crippen LogP contribution in [-0.4, -0.2) is 7.05 Å². The van der Waals surface area contributed by atoms with Crippen LogP contribution >= 0.6 is 15.9 Å². The van der Waals surface area contributed by atoms with E-state index in [1.807, 2.05) is 20.0 Å². The van der Waals surface area contributed by atoms with Crippen LogP contribution in [0.5, 0.6) is 0 Å². The molecule has 0 saturated carbocycles. The van der Waals surface area contributed by atoms with E-state index in [4.69, 9.17) is 4.42 Å². The van der Waals surface area contributed by atoms with Crippen molar-refractivity contribution < 1.29 is 4.42 Å². The molecule has 2 nitrogen and oxygen atoms in total. The van der Waals surface area contributed by atoms with Crippen LogP contribution in [0.2, 0.25) is 0 Å². The average molecular weight is 218 g/mol. The molecule has 1 atom stereocenters. The first-order valence-electron chi connectivity index (χ1n) is 3.58. The van der Waals surface area contributed by atoms with Gasteiger partial charge in [0, 0.05) is 11.6 Å². The van der Waals surface area contributed by atoms with Gasteiger partial charge in [0.25, 0.3) is 0 Å². The summed E-state index contributed by atoms with van der Waals surface area (Å²) in [5.74, 6) is 0.971. The summed E-state index contributed by atoms with van der Waals surface area (Å²) >= 11 is 3.29. The molecule has 1 rings (SSSR count). The Morgan fingerprint density at radius 1 is 1.64 bits per heavy atom. The monoisotopic (exact) mass is 217 g/mol. The summed E-state index contributed by atoms with van der Waals surface area (Å²) in [6.07, 6.45) is 0. The summed E-state index contributed by atoms with van der Waals surface area (Å²) in [7, 11) is 1.94. The number of rotatable bonds is 2. The molecule has 1 aromatic heterocycles. The highest BCUT2D eigenvalue weighted by molar-refractivity contribution is 9.10. The molecule has 1 N–H and O–H groups in total. The van der Waals surface area contributed by atoms with Crippen LogP contribution in [0.4, 0.5) is 0 Å². The molecule has 0 aliphatic heterocycles. The molecular weight excluding hydrogens is 206 g/mol. The van der Waals surface area contributed by atoms with Gasteiger partial charge in [-0.05, 0) is 42.9 Å².